The number of ketones is 1. The molecular weight excluding hydrogens is 243 g/mol. The van der Waals surface area contributed by atoms with Crippen molar-refractivity contribution in [3.63, 3.8) is 0 Å². The number of ether oxygens (including phenoxy) is 1. The highest BCUT2D eigenvalue weighted by Crippen LogP contribution is 2.19. The molecule has 0 aliphatic carbocycles. The summed E-state index contributed by atoms with van der Waals surface area (Å²) >= 11 is 0. The van der Waals surface area contributed by atoms with Gasteiger partial charge in [0.05, 0.1) is 7.11 Å². The Morgan fingerprint density at radius 1 is 1.11 bits per heavy atom. The second-order valence-corrected chi connectivity index (χ2v) is 3.95. The van der Waals surface area contributed by atoms with Crippen LogP contribution in [0.5, 0.6) is 5.75 Å². The Bertz CT molecular complexity index is 600. The number of carbonyl (C=O) groups excluding carboxylic acids is 1. The van der Waals surface area contributed by atoms with E-state index < -0.39 is 0 Å². The fraction of sp³-hybridized carbons (Fsp3) is 0.0625. The minimum absolute atomic E-state index is 0.175. The molecule has 0 aliphatic rings. The summed E-state index contributed by atoms with van der Waals surface area (Å²) in [7, 11) is 1.58. The van der Waals surface area contributed by atoms with Crippen LogP contribution in [0.4, 0.5) is 4.39 Å². The number of halogens is 1. The van der Waals surface area contributed by atoms with E-state index in [0.717, 1.165) is 5.56 Å². The molecule has 0 aliphatic heterocycles. The van der Waals surface area contributed by atoms with E-state index in [-0.39, 0.29) is 11.6 Å². The van der Waals surface area contributed by atoms with Crippen LogP contribution in [0, 0.1) is 5.82 Å². The van der Waals surface area contributed by atoms with E-state index in [1.165, 1.54) is 30.3 Å². The molecule has 0 bridgehead atoms. The Hall–Kier alpha value is -2.42. The van der Waals surface area contributed by atoms with Crippen molar-refractivity contribution in [1.29, 1.82) is 0 Å². The molecule has 0 N–H and O–H groups in total. The second-order valence-electron chi connectivity index (χ2n) is 3.95. The van der Waals surface area contributed by atoms with Crippen LogP contribution in [0.3, 0.4) is 0 Å². The molecule has 0 heterocycles. The van der Waals surface area contributed by atoms with Gasteiger partial charge in [0.1, 0.15) is 11.6 Å². The van der Waals surface area contributed by atoms with Gasteiger partial charge in [0.15, 0.2) is 5.78 Å². The van der Waals surface area contributed by atoms with Crippen molar-refractivity contribution in [3.8, 4) is 5.75 Å². The van der Waals surface area contributed by atoms with Crippen LogP contribution in [0.15, 0.2) is 54.6 Å². The quantitative estimate of drug-likeness (QED) is 0.615. The second kappa shape index (κ2) is 5.96. The van der Waals surface area contributed by atoms with Crippen LogP contribution >= 0.6 is 0 Å². The average Bonchev–Trinajstić information content (AvgIpc) is 2.45. The van der Waals surface area contributed by atoms with Crippen molar-refractivity contribution in [2.45, 2.75) is 0 Å². The van der Waals surface area contributed by atoms with E-state index in [4.69, 9.17) is 4.74 Å². The molecule has 0 atom stereocenters. The lowest BCUT2D eigenvalue weighted by molar-refractivity contribution is 0.104. The largest absolute Gasteiger partial charge is 0.496 e. The summed E-state index contributed by atoms with van der Waals surface area (Å²) in [4.78, 5) is 11.9. The summed E-state index contributed by atoms with van der Waals surface area (Å²) in [6, 6.07) is 12.9. The molecule has 0 aromatic heterocycles. The van der Waals surface area contributed by atoms with Crippen LogP contribution in [0.25, 0.3) is 6.08 Å². The van der Waals surface area contributed by atoms with E-state index in [0.29, 0.717) is 11.3 Å². The van der Waals surface area contributed by atoms with Crippen LogP contribution in [-0.4, -0.2) is 12.9 Å². The Balaban J connectivity index is 2.18. The molecule has 96 valence electrons. The Morgan fingerprint density at radius 3 is 2.47 bits per heavy atom. The van der Waals surface area contributed by atoms with E-state index in [2.05, 4.69) is 0 Å². The molecule has 2 aromatic rings. The molecule has 0 fully saturated rings. The number of hydrogen-bond acceptors (Lipinski definition) is 2. The van der Waals surface area contributed by atoms with Crippen molar-refractivity contribution in [3.05, 3.63) is 71.6 Å². The Kier molecular flexibility index (Phi) is 4.08. The lowest BCUT2D eigenvalue weighted by Gasteiger charge is -2.03. The van der Waals surface area contributed by atoms with Gasteiger partial charge in [-0.05, 0) is 42.5 Å². The van der Waals surface area contributed by atoms with Gasteiger partial charge < -0.3 is 4.74 Å². The van der Waals surface area contributed by atoms with E-state index >= 15 is 0 Å². The van der Waals surface area contributed by atoms with Gasteiger partial charge in [0.25, 0.3) is 0 Å². The van der Waals surface area contributed by atoms with Gasteiger partial charge in [-0.3, -0.25) is 4.79 Å². The summed E-state index contributed by atoms with van der Waals surface area (Å²) in [5, 5.41) is 0. The minimum atomic E-state index is -0.356. The van der Waals surface area contributed by atoms with Crippen molar-refractivity contribution in [2.24, 2.45) is 0 Å². The SMILES string of the molecule is COc1ccccc1C=CC(=O)c1ccc(F)cc1. The van der Waals surface area contributed by atoms with Gasteiger partial charge in [-0.15, -0.1) is 0 Å². The van der Waals surface area contributed by atoms with Crippen LogP contribution < -0.4 is 4.74 Å². The summed E-state index contributed by atoms with van der Waals surface area (Å²) in [5.41, 5.74) is 1.27. The lowest BCUT2D eigenvalue weighted by atomic mass is 10.1. The molecule has 2 aromatic carbocycles. The molecule has 0 radical (unpaired) electrons. The minimum Gasteiger partial charge on any atom is -0.496 e. The smallest absolute Gasteiger partial charge is 0.185 e. The van der Waals surface area contributed by atoms with E-state index in [1.807, 2.05) is 24.3 Å². The number of rotatable bonds is 4. The molecular formula is C16H13FO2. The maximum absolute atomic E-state index is 12.8. The topological polar surface area (TPSA) is 26.3 Å². The highest BCUT2D eigenvalue weighted by atomic mass is 19.1. The zero-order chi connectivity index (χ0) is 13.7. The highest BCUT2D eigenvalue weighted by molar-refractivity contribution is 6.06. The standard InChI is InChI=1S/C16H13FO2/c1-19-16-5-3-2-4-13(16)8-11-15(18)12-6-9-14(17)10-7-12/h2-11H,1H3. The zero-order valence-electron chi connectivity index (χ0n) is 10.5. The number of allylic oxidation sites excluding steroid dienone is 1. The lowest BCUT2D eigenvalue weighted by Crippen LogP contribution is -1.94. The first kappa shape index (κ1) is 13.0. The van der Waals surface area contributed by atoms with Gasteiger partial charge in [-0.1, -0.05) is 18.2 Å². The summed E-state index contributed by atoms with van der Waals surface area (Å²) in [6.45, 7) is 0. The molecule has 0 saturated heterocycles. The Morgan fingerprint density at radius 2 is 1.79 bits per heavy atom. The van der Waals surface area contributed by atoms with Gasteiger partial charge in [0, 0.05) is 11.1 Å². The first-order valence-corrected chi connectivity index (χ1v) is 5.81. The molecule has 0 amide bonds. The molecule has 0 unspecified atom stereocenters. The maximum Gasteiger partial charge on any atom is 0.185 e. The first-order chi connectivity index (χ1) is 9.20. The van der Waals surface area contributed by atoms with Crippen molar-refractivity contribution >= 4 is 11.9 Å². The molecule has 2 nitrogen and oxygen atoms in total. The first-order valence-electron chi connectivity index (χ1n) is 5.81. The van der Waals surface area contributed by atoms with Gasteiger partial charge in [-0.25, -0.2) is 4.39 Å². The molecule has 19 heavy (non-hydrogen) atoms. The fourth-order valence-corrected chi connectivity index (χ4v) is 1.68. The predicted molar refractivity (Wildman–Crippen MR) is 72.8 cm³/mol. The third-order valence-corrected chi connectivity index (χ3v) is 2.68. The van der Waals surface area contributed by atoms with Crippen molar-refractivity contribution in [2.75, 3.05) is 7.11 Å². The number of carbonyl (C=O) groups is 1. The number of para-hydroxylation sites is 1. The highest BCUT2D eigenvalue weighted by Gasteiger charge is 2.02. The normalized spacial score (nSPS) is 10.6. The van der Waals surface area contributed by atoms with E-state index in [9.17, 15) is 9.18 Å². The Labute approximate surface area is 111 Å². The van der Waals surface area contributed by atoms with Gasteiger partial charge in [0.2, 0.25) is 0 Å². The summed E-state index contributed by atoms with van der Waals surface area (Å²) in [5.74, 6) is 0.168. The summed E-state index contributed by atoms with van der Waals surface area (Å²) < 4.78 is 17.9. The molecule has 0 spiro atoms. The zero-order valence-corrected chi connectivity index (χ0v) is 10.5. The monoisotopic (exact) mass is 256 g/mol. The third kappa shape index (κ3) is 3.28. The van der Waals surface area contributed by atoms with Crippen molar-refractivity contribution in [1.82, 2.24) is 0 Å². The third-order valence-electron chi connectivity index (χ3n) is 2.68. The number of methoxy groups -OCH3 is 1. The number of benzene rings is 2. The van der Waals surface area contributed by atoms with Crippen LogP contribution in [0.1, 0.15) is 15.9 Å². The van der Waals surface area contributed by atoms with Gasteiger partial charge in [-0.2, -0.15) is 0 Å². The molecule has 3 heteroatoms. The molecule has 2 rings (SSSR count). The maximum atomic E-state index is 12.8. The number of hydrogen-bond donors (Lipinski definition) is 0. The fourth-order valence-electron chi connectivity index (χ4n) is 1.68. The van der Waals surface area contributed by atoms with Gasteiger partial charge >= 0.3 is 0 Å². The van der Waals surface area contributed by atoms with Crippen molar-refractivity contribution < 1.29 is 13.9 Å². The van der Waals surface area contributed by atoms with Crippen LogP contribution in [-0.2, 0) is 0 Å². The van der Waals surface area contributed by atoms with E-state index in [1.54, 1.807) is 13.2 Å². The molecule has 0 saturated carbocycles. The predicted octanol–water partition coefficient (Wildman–Crippen LogP) is 3.73. The summed E-state index contributed by atoms with van der Waals surface area (Å²) in [6.07, 6.45) is 3.13. The van der Waals surface area contributed by atoms with Crippen LogP contribution in [0.2, 0.25) is 0 Å². The average molecular weight is 256 g/mol.